The fraction of sp³-hybridized carbons (Fsp3) is 0.714. The van der Waals surface area contributed by atoms with Gasteiger partial charge in [0.25, 0.3) is 11.1 Å². The van der Waals surface area contributed by atoms with Crippen molar-refractivity contribution in [3.63, 3.8) is 0 Å². The summed E-state index contributed by atoms with van der Waals surface area (Å²) in [5.41, 5.74) is 0.623. The van der Waals surface area contributed by atoms with Crippen molar-refractivity contribution >= 4 is 0 Å². The van der Waals surface area contributed by atoms with E-state index in [1.807, 2.05) is 0 Å². The first-order valence-corrected chi connectivity index (χ1v) is 10.6. The number of nitrogens with one attached hydrogen (secondary N) is 2. The lowest BCUT2D eigenvalue weighted by Gasteiger charge is -2.14. The van der Waals surface area contributed by atoms with Crippen LogP contribution in [-0.2, 0) is 10.8 Å². The molecule has 0 spiro atoms. The van der Waals surface area contributed by atoms with Crippen LogP contribution >= 0.6 is 0 Å². The molecule has 2 aliphatic rings. The van der Waals surface area contributed by atoms with Gasteiger partial charge in [0.2, 0.25) is 0 Å². The molecule has 7 nitrogen and oxygen atoms in total. The van der Waals surface area contributed by atoms with Crippen LogP contribution in [0.25, 0.3) is 0 Å². The Hall–Kier alpha value is -2.02. The fourth-order valence-corrected chi connectivity index (χ4v) is 4.57. The number of H-pyrrole nitrogens is 2. The van der Waals surface area contributed by atoms with Crippen molar-refractivity contribution in [3.8, 4) is 0 Å². The number of aliphatic hydroxyl groups is 1. The number of unbranched alkanes of at least 4 members (excludes halogenated alkanes) is 2. The summed E-state index contributed by atoms with van der Waals surface area (Å²) in [6.45, 7) is 0. The summed E-state index contributed by atoms with van der Waals surface area (Å²) in [6.07, 6.45) is 13.3. The van der Waals surface area contributed by atoms with Crippen molar-refractivity contribution in [2.75, 3.05) is 0 Å². The smallest absolute Gasteiger partial charge is 0.283 e. The molecule has 0 aromatic carbocycles. The van der Waals surface area contributed by atoms with Crippen molar-refractivity contribution in [3.05, 3.63) is 44.4 Å². The van der Waals surface area contributed by atoms with Crippen LogP contribution in [0.2, 0.25) is 0 Å². The maximum absolute atomic E-state index is 11.7. The van der Waals surface area contributed by atoms with Crippen molar-refractivity contribution in [1.82, 2.24) is 10.3 Å². The number of aromatic amines is 2. The van der Waals surface area contributed by atoms with E-state index in [4.69, 9.17) is 9.05 Å². The Morgan fingerprint density at radius 2 is 1.61 bits per heavy atom. The molecule has 2 aromatic rings. The highest BCUT2D eigenvalue weighted by Crippen LogP contribution is 2.52. The summed E-state index contributed by atoms with van der Waals surface area (Å²) in [6, 6.07) is 1.58. The van der Waals surface area contributed by atoms with Gasteiger partial charge >= 0.3 is 0 Å². The van der Waals surface area contributed by atoms with Gasteiger partial charge in [-0.2, -0.15) is 10.3 Å². The van der Waals surface area contributed by atoms with Crippen LogP contribution in [0.4, 0.5) is 0 Å². The Bertz CT molecular complexity index is 881. The quantitative estimate of drug-likeness (QED) is 0.480. The molecule has 2 heterocycles. The molecule has 0 bridgehead atoms. The first-order valence-electron chi connectivity index (χ1n) is 10.6. The largest absolute Gasteiger partial charge is 0.393 e. The lowest BCUT2D eigenvalue weighted by atomic mass is 9.91. The van der Waals surface area contributed by atoms with Gasteiger partial charge in [0.1, 0.15) is 12.0 Å². The maximum Gasteiger partial charge on any atom is 0.283 e. The molecule has 1 unspecified atom stereocenters. The van der Waals surface area contributed by atoms with E-state index in [1.54, 1.807) is 12.3 Å². The van der Waals surface area contributed by atoms with Crippen LogP contribution in [0.3, 0.4) is 0 Å². The topological polar surface area (TPSA) is 112 Å². The Labute approximate surface area is 163 Å². The third kappa shape index (κ3) is 4.19. The van der Waals surface area contributed by atoms with Gasteiger partial charge in [-0.15, -0.1) is 0 Å². The van der Waals surface area contributed by atoms with E-state index in [0.29, 0.717) is 0 Å². The summed E-state index contributed by atoms with van der Waals surface area (Å²) in [5, 5.41) is 15.0. The number of hydrogen-bond acceptors (Lipinski definition) is 5. The average molecular weight is 390 g/mol. The summed E-state index contributed by atoms with van der Waals surface area (Å²) >= 11 is 0. The zero-order valence-electron chi connectivity index (χ0n) is 16.3. The summed E-state index contributed by atoms with van der Waals surface area (Å²) < 4.78 is 10.2. The number of aliphatic hydroxyl groups excluding tert-OH is 1. The molecule has 3 N–H and O–H groups in total. The van der Waals surface area contributed by atoms with Crippen molar-refractivity contribution in [2.24, 2.45) is 0 Å². The van der Waals surface area contributed by atoms with Crippen LogP contribution in [0.15, 0.2) is 31.0 Å². The summed E-state index contributed by atoms with van der Waals surface area (Å²) in [7, 11) is 0. The van der Waals surface area contributed by atoms with Crippen molar-refractivity contribution in [2.45, 2.75) is 94.0 Å². The lowest BCUT2D eigenvalue weighted by molar-refractivity contribution is 0.146. The molecule has 4 rings (SSSR count). The van der Waals surface area contributed by atoms with Gasteiger partial charge in [0.15, 0.2) is 0 Å². The molecule has 28 heavy (non-hydrogen) atoms. The fourth-order valence-electron chi connectivity index (χ4n) is 4.57. The number of rotatable bonds is 12. The van der Waals surface area contributed by atoms with Gasteiger partial charge in [-0.05, 0) is 51.4 Å². The van der Waals surface area contributed by atoms with Gasteiger partial charge in [0.05, 0.1) is 11.7 Å². The SMILES string of the molecule is O=c1cc(C2(CCCCC(O)CCCCC3(c4co[nH]c4=O)CC3)CC2)o[nH]1. The summed E-state index contributed by atoms with van der Waals surface area (Å²) in [4.78, 5) is 23.0. The zero-order chi connectivity index (χ0) is 19.6. The predicted octanol–water partition coefficient (Wildman–Crippen LogP) is 3.49. The summed E-state index contributed by atoms with van der Waals surface area (Å²) in [5.74, 6) is 0.795. The van der Waals surface area contributed by atoms with E-state index in [0.717, 1.165) is 88.4 Å². The number of hydrogen-bond donors (Lipinski definition) is 3. The zero-order valence-corrected chi connectivity index (χ0v) is 16.3. The molecule has 0 saturated heterocycles. The molecular formula is C21H30N2O5. The molecule has 2 fully saturated rings. The van der Waals surface area contributed by atoms with Gasteiger partial charge < -0.3 is 14.2 Å². The van der Waals surface area contributed by atoms with E-state index >= 15 is 0 Å². The normalized spacial score (nSPS) is 20.2. The molecule has 0 radical (unpaired) electrons. The average Bonchev–Trinajstić information content (AvgIpc) is 3.56. The third-order valence-electron chi connectivity index (χ3n) is 6.78. The molecule has 1 atom stereocenters. The second-order valence-corrected chi connectivity index (χ2v) is 8.86. The van der Waals surface area contributed by atoms with Gasteiger partial charge in [-0.3, -0.25) is 9.59 Å². The molecular weight excluding hydrogens is 360 g/mol. The standard InChI is InChI=1S/C21H30N2O5/c24-15(5-1-3-7-20(9-10-20)16-14-27-23-19(16)26)6-2-4-8-21(11-12-21)17-13-18(25)22-28-17/h13-15,24H,1-12H2,(H,22,25)(H,23,26). The minimum Gasteiger partial charge on any atom is -0.393 e. The Morgan fingerprint density at radius 3 is 2.11 bits per heavy atom. The molecule has 2 aliphatic carbocycles. The van der Waals surface area contributed by atoms with Gasteiger partial charge in [0, 0.05) is 16.9 Å². The highest BCUT2D eigenvalue weighted by molar-refractivity contribution is 5.25. The number of aromatic nitrogens is 2. The first-order chi connectivity index (χ1) is 13.5. The van der Waals surface area contributed by atoms with E-state index in [2.05, 4.69) is 10.3 Å². The molecule has 0 amide bonds. The van der Waals surface area contributed by atoms with E-state index in [9.17, 15) is 14.7 Å². The lowest BCUT2D eigenvalue weighted by Crippen LogP contribution is -2.17. The van der Waals surface area contributed by atoms with Crippen molar-refractivity contribution in [1.29, 1.82) is 0 Å². The van der Waals surface area contributed by atoms with Gasteiger partial charge in [-0.25, -0.2) is 0 Å². The molecule has 7 heteroatoms. The Kier molecular flexibility index (Phi) is 5.36. The van der Waals surface area contributed by atoms with E-state index < -0.39 is 0 Å². The second kappa shape index (κ2) is 7.78. The Morgan fingerprint density at radius 1 is 0.964 bits per heavy atom. The maximum atomic E-state index is 11.7. The van der Waals surface area contributed by atoms with Crippen molar-refractivity contribution < 1.29 is 14.2 Å². The van der Waals surface area contributed by atoms with Crippen LogP contribution < -0.4 is 11.1 Å². The van der Waals surface area contributed by atoms with Crippen LogP contribution in [0, 0.1) is 0 Å². The highest BCUT2D eigenvalue weighted by Gasteiger charge is 2.47. The van der Waals surface area contributed by atoms with E-state index in [-0.39, 0.29) is 28.1 Å². The van der Waals surface area contributed by atoms with Crippen LogP contribution in [0.1, 0.15) is 88.4 Å². The Balaban J connectivity index is 1.10. The van der Waals surface area contributed by atoms with Crippen LogP contribution in [-0.4, -0.2) is 21.5 Å². The molecule has 154 valence electrons. The monoisotopic (exact) mass is 390 g/mol. The molecule has 2 aromatic heterocycles. The second-order valence-electron chi connectivity index (χ2n) is 8.86. The highest BCUT2D eigenvalue weighted by atomic mass is 16.5. The van der Waals surface area contributed by atoms with Crippen LogP contribution in [0.5, 0.6) is 0 Å². The third-order valence-corrected chi connectivity index (χ3v) is 6.78. The first kappa shape index (κ1) is 19.3. The van der Waals surface area contributed by atoms with Gasteiger partial charge in [-0.1, -0.05) is 25.7 Å². The van der Waals surface area contributed by atoms with E-state index in [1.165, 1.54) is 0 Å². The minimum absolute atomic E-state index is 0.0252. The minimum atomic E-state index is -0.257. The predicted molar refractivity (Wildman–Crippen MR) is 103 cm³/mol. The molecule has 2 saturated carbocycles. The molecule has 0 aliphatic heterocycles.